The van der Waals surface area contributed by atoms with E-state index in [0.717, 1.165) is 16.6 Å². The fourth-order valence-corrected chi connectivity index (χ4v) is 3.51. The van der Waals surface area contributed by atoms with E-state index in [-0.39, 0.29) is 6.03 Å². The first-order valence-corrected chi connectivity index (χ1v) is 10.9. The monoisotopic (exact) mass is 457 g/mol. The highest BCUT2D eigenvalue weighted by Crippen LogP contribution is 2.37. The quantitative estimate of drug-likeness (QED) is 0.318. The van der Waals surface area contributed by atoms with Gasteiger partial charge in [-0.25, -0.2) is 4.79 Å². The second-order valence-electron chi connectivity index (χ2n) is 8.02. The van der Waals surface area contributed by atoms with Crippen LogP contribution in [0.1, 0.15) is 25.3 Å². The third kappa shape index (κ3) is 5.20. The normalized spacial score (nSPS) is 10.7. The van der Waals surface area contributed by atoms with Crippen LogP contribution in [0.3, 0.4) is 0 Å². The molecule has 0 spiro atoms. The van der Waals surface area contributed by atoms with Gasteiger partial charge in [0.1, 0.15) is 11.5 Å². The van der Waals surface area contributed by atoms with Crippen molar-refractivity contribution in [1.29, 1.82) is 0 Å². The molecule has 1 heterocycles. The van der Waals surface area contributed by atoms with Crippen LogP contribution >= 0.6 is 0 Å². The summed E-state index contributed by atoms with van der Waals surface area (Å²) in [4.78, 5) is 16.7. The molecule has 0 saturated heterocycles. The minimum atomic E-state index is -0.313. The van der Waals surface area contributed by atoms with E-state index >= 15 is 0 Å². The van der Waals surface area contributed by atoms with Crippen molar-refractivity contribution >= 4 is 28.3 Å². The molecular formula is C27H27N3O4. The van der Waals surface area contributed by atoms with Crippen molar-refractivity contribution in [1.82, 2.24) is 4.98 Å². The van der Waals surface area contributed by atoms with Crippen molar-refractivity contribution in [3.8, 4) is 23.0 Å². The number of benzene rings is 3. The molecule has 0 radical (unpaired) electrons. The molecule has 0 aliphatic heterocycles. The number of nitrogens with one attached hydrogen (secondary N) is 2. The Kier molecular flexibility index (Phi) is 6.82. The highest BCUT2D eigenvalue weighted by molar-refractivity contribution is 5.99. The van der Waals surface area contributed by atoms with Gasteiger partial charge in [-0.1, -0.05) is 26.0 Å². The van der Waals surface area contributed by atoms with E-state index in [4.69, 9.17) is 14.2 Å². The van der Waals surface area contributed by atoms with Gasteiger partial charge in [0, 0.05) is 29.0 Å². The predicted molar refractivity (Wildman–Crippen MR) is 135 cm³/mol. The van der Waals surface area contributed by atoms with Gasteiger partial charge in [0.05, 0.1) is 19.7 Å². The standard InChI is InChI=1S/C27H27N3O4/c1-17(2)18-5-7-19(8-6-18)29-27(31)30-20-9-11-21(12-10-20)34-24-13-14-28-23-16-26(33-4)25(32-3)15-22(23)24/h5-17H,1-4H3,(H2,29,30,31). The molecule has 0 saturated carbocycles. The Balaban J connectivity index is 1.44. The van der Waals surface area contributed by atoms with Crippen LogP contribution in [-0.4, -0.2) is 25.2 Å². The molecule has 7 nitrogen and oxygen atoms in total. The average Bonchev–Trinajstić information content (AvgIpc) is 2.84. The summed E-state index contributed by atoms with van der Waals surface area (Å²) < 4.78 is 16.8. The molecule has 0 aliphatic rings. The Morgan fingerprint density at radius 3 is 1.97 bits per heavy atom. The maximum atomic E-state index is 12.4. The van der Waals surface area contributed by atoms with Gasteiger partial charge in [0.2, 0.25) is 0 Å². The molecule has 7 heteroatoms. The number of hydrogen-bond acceptors (Lipinski definition) is 5. The second-order valence-corrected chi connectivity index (χ2v) is 8.02. The number of methoxy groups -OCH3 is 2. The summed E-state index contributed by atoms with van der Waals surface area (Å²) in [6.45, 7) is 4.27. The highest BCUT2D eigenvalue weighted by atomic mass is 16.5. The summed E-state index contributed by atoms with van der Waals surface area (Å²) in [7, 11) is 3.17. The topological polar surface area (TPSA) is 81.7 Å². The first kappa shape index (κ1) is 22.9. The Morgan fingerprint density at radius 1 is 0.794 bits per heavy atom. The van der Waals surface area contributed by atoms with Crippen LogP contribution in [0, 0.1) is 0 Å². The van der Waals surface area contributed by atoms with Crippen LogP contribution in [0.4, 0.5) is 16.2 Å². The fraction of sp³-hybridized carbons (Fsp3) is 0.185. The van der Waals surface area contributed by atoms with Crippen LogP contribution in [0.5, 0.6) is 23.0 Å². The fourth-order valence-electron chi connectivity index (χ4n) is 3.51. The van der Waals surface area contributed by atoms with Crippen molar-refractivity contribution in [2.75, 3.05) is 24.9 Å². The third-order valence-corrected chi connectivity index (χ3v) is 5.38. The molecule has 4 aromatic rings. The Bertz CT molecular complexity index is 1290. The van der Waals surface area contributed by atoms with Gasteiger partial charge in [0.15, 0.2) is 11.5 Å². The maximum Gasteiger partial charge on any atom is 0.323 e. The molecule has 0 aliphatic carbocycles. The Labute approximate surface area is 198 Å². The zero-order valence-corrected chi connectivity index (χ0v) is 19.6. The molecule has 174 valence electrons. The second kappa shape index (κ2) is 10.1. The van der Waals surface area contributed by atoms with Gasteiger partial charge in [0.25, 0.3) is 0 Å². The number of carbonyl (C=O) groups excluding carboxylic acids is 1. The van der Waals surface area contributed by atoms with Gasteiger partial charge in [-0.3, -0.25) is 4.98 Å². The molecule has 1 aromatic heterocycles. The lowest BCUT2D eigenvalue weighted by molar-refractivity contribution is 0.262. The number of rotatable bonds is 7. The van der Waals surface area contributed by atoms with E-state index in [1.165, 1.54) is 5.56 Å². The number of nitrogens with zero attached hydrogens (tertiary/aromatic N) is 1. The average molecular weight is 458 g/mol. The first-order valence-electron chi connectivity index (χ1n) is 10.9. The third-order valence-electron chi connectivity index (χ3n) is 5.38. The van der Waals surface area contributed by atoms with Crippen LogP contribution in [0.25, 0.3) is 10.9 Å². The van der Waals surface area contributed by atoms with E-state index in [1.807, 2.05) is 36.4 Å². The van der Waals surface area contributed by atoms with Crippen molar-refractivity contribution < 1.29 is 19.0 Å². The number of pyridine rings is 1. The van der Waals surface area contributed by atoms with Gasteiger partial charge >= 0.3 is 6.03 Å². The number of amides is 2. The number of ether oxygens (including phenoxy) is 3. The van der Waals surface area contributed by atoms with Crippen molar-refractivity contribution in [2.24, 2.45) is 0 Å². The van der Waals surface area contributed by atoms with Gasteiger partial charge in [-0.2, -0.15) is 0 Å². The lowest BCUT2D eigenvalue weighted by atomic mass is 10.0. The smallest absolute Gasteiger partial charge is 0.323 e. The zero-order chi connectivity index (χ0) is 24.1. The maximum absolute atomic E-state index is 12.4. The summed E-state index contributed by atoms with van der Waals surface area (Å²) >= 11 is 0. The lowest BCUT2D eigenvalue weighted by Crippen LogP contribution is -2.19. The first-order chi connectivity index (χ1) is 16.5. The van der Waals surface area contributed by atoms with Crippen molar-refractivity contribution in [3.63, 3.8) is 0 Å². The lowest BCUT2D eigenvalue weighted by Gasteiger charge is -2.13. The van der Waals surface area contributed by atoms with Crippen molar-refractivity contribution in [2.45, 2.75) is 19.8 Å². The zero-order valence-electron chi connectivity index (χ0n) is 19.6. The molecule has 3 aromatic carbocycles. The summed E-state index contributed by atoms with van der Waals surface area (Å²) in [5, 5.41) is 6.47. The number of urea groups is 1. The summed E-state index contributed by atoms with van der Waals surface area (Å²) in [5.74, 6) is 2.90. The largest absolute Gasteiger partial charge is 0.493 e. The molecule has 34 heavy (non-hydrogen) atoms. The molecule has 2 amide bonds. The molecule has 4 rings (SSSR count). The number of aromatic nitrogens is 1. The summed E-state index contributed by atoms with van der Waals surface area (Å²) in [6, 6.07) is 20.1. The van der Waals surface area contributed by atoms with Gasteiger partial charge in [-0.05, 0) is 60.0 Å². The molecule has 0 atom stereocenters. The predicted octanol–water partition coefficient (Wildman–Crippen LogP) is 6.81. The van der Waals surface area contributed by atoms with Crippen LogP contribution in [-0.2, 0) is 0 Å². The number of carbonyl (C=O) groups is 1. The van der Waals surface area contributed by atoms with Crippen molar-refractivity contribution in [3.05, 3.63) is 78.5 Å². The Morgan fingerprint density at radius 2 is 1.38 bits per heavy atom. The minimum absolute atomic E-state index is 0.313. The van der Waals surface area contributed by atoms with Crippen LogP contribution in [0.15, 0.2) is 72.9 Å². The van der Waals surface area contributed by atoms with Gasteiger partial charge < -0.3 is 24.8 Å². The van der Waals surface area contributed by atoms with E-state index in [2.05, 4.69) is 29.5 Å². The van der Waals surface area contributed by atoms with E-state index < -0.39 is 0 Å². The molecular weight excluding hydrogens is 430 g/mol. The summed E-state index contributed by atoms with van der Waals surface area (Å²) in [6.07, 6.45) is 1.68. The minimum Gasteiger partial charge on any atom is -0.493 e. The molecule has 2 N–H and O–H groups in total. The highest BCUT2D eigenvalue weighted by Gasteiger charge is 2.12. The van der Waals surface area contributed by atoms with Crippen LogP contribution in [0.2, 0.25) is 0 Å². The van der Waals surface area contributed by atoms with E-state index in [1.54, 1.807) is 50.7 Å². The van der Waals surface area contributed by atoms with E-state index in [0.29, 0.717) is 34.6 Å². The van der Waals surface area contributed by atoms with E-state index in [9.17, 15) is 4.79 Å². The number of fused-ring (bicyclic) bond motifs is 1. The molecule has 0 fully saturated rings. The van der Waals surface area contributed by atoms with Gasteiger partial charge in [-0.15, -0.1) is 0 Å². The molecule has 0 bridgehead atoms. The number of hydrogen-bond donors (Lipinski definition) is 2. The SMILES string of the molecule is COc1cc2nccc(Oc3ccc(NC(=O)Nc4ccc(C(C)C)cc4)cc3)c2cc1OC. The summed E-state index contributed by atoms with van der Waals surface area (Å²) in [5.41, 5.74) is 3.33. The Hall–Kier alpha value is -4.26. The van der Waals surface area contributed by atoms with Crippen LogP contribution < -0.4 is 24.8 Å². The number of anilines is 2. The molecule has 0 unspecified atom stereocenters.